The van der Waals surface area contributed by atoms with Gasteiger partial charge in [-0.15, -0.1) is 0 Å². The van der Waals surface area contributed by atoms with Gasteiger partial charge in [-0.2, -0.15) is 0 Å². The molecule has 3 rings (SSSR count). The molecule has 0 unspecified atom stereocenters. The molecule has 42 heavy (non-hydrogen) atoms. The van der Waals surface area contributed by atoms with Crippen molar-refractivity contribution in [2.24, 2.45) is 0 Å². The van der Waals surface area contributed by atoms with Crippen LogP contribution in [0, 0.1) is 6.92 Å². The van der Waals surface area contributed by atoms with E-state index in [1.165, 1.54) is 42.3 Å². The highest BCUT2D eigenvalue weighted by atomic mass is 35.5. The molecule has 0 bridgehead atoms. The zero-order chi connectivity index (χ0) is 31.0. The highest BCUT2D eigenvalue weighted by Gasteiger charge is 2.34. The molecule has 3 aromatic rings. The molecule has 226 valence electrons. The van der Waals surface area contributed by atoms with E-state index in [1.54, 1.807) is 37.3 Å². The van der Waals surface area contributed by atoms with E-state index in [-0.39, 0.29) is 28.1 Å². The summed E-state index contributed by atoms with van der Waals surface area (Å²) in [6.45, 7) is 5.38. The van der Waals surface area contributed by atoms with E-state index in [9.17, 15) is 18.0 Å². The number of methoxy groups -OCH3 is 1. The van der Waals surface area contributed by atoms with Gasteiger partial charge in [-0.05, 0) is 67.8 Å². The summed E-state index contributed by atoms with van der Waals surface area (Å²) in [6.07, 6.45) is 1.01. The second-order valence-corrected chi connectivity index (χ2v) is 12.7. The number of rotatable bonds is 13. The number of hydrogen-bond acceptors (Lipinski definition) is 5. The van der Waals surface area contributed by atoms with Crippen LogP contribution < -0.4 is 14.4 Å². The molecule has 0 aliphatic carbocycles. The Balaban J connectivity index is 2.10. The Morgan fingerprint density at radius 3 is 2.19 bits per heavy atom. The minimum Gasteiger partial charge on any atom is -0.495 e. The van der Waals surface area contributed by atoms with Crippen LogP contribution in [0.3, 0.4) is 0 Å². The van der Waals surface area contributed by atoms with Crippen molar-refractivity contribution in [1.82, 2.24) is 10.2 Å². The van der Waals surface area contributed by atoms with E-state index in [1.807, 2.05) is 13.8 Å². The quantitative estimate of drug-likeness (QED) is 0.227. The van der Waals surface area contributed by atoms with Gasteiger partial charge in [-0.3, -0.25) is 13.9 Å². The Bertz CT molecular complexity index is 1520. The first kappa shape index (κ1) is 33.5. The van der Waals surface area contributed by atoms with Gasteiger partial charge in [0.1, 0.15) is 18.3 Å². The normalized spacial score (nSPS) is 12.0. The number of benzene rings is 3. The van der Waals surface area contributed by atoms with Crippen molar-refractivity contribution in [1.29, 1.82) is 0 Å². The Labute approximate surface area is 262 Å². The van der Waals surface area contributed by atoms with Crippen LogP contribution in [0.1, 0.15) is 37.8 Å². The monoisotopic (exact) mass is 653 g/mol. The Morgan fingerprint density at radius 2 is 1.62 bits per heavy atom. The van der Waals surface area contributed by atoms with Crippen molar-refractivity contribution < 1.29 is 22.7 Å². The lowest BCUT2D eigenvalue weighted by molar-refractivity contribution is -0.140. The van der Waals surface area contributed by atoms with Crippen molar-refractivity contribution in [3.05, 3.63) is 86.9 Å². The average molecular weight is 655 g/mol. The molecule has 0 saturated carbocycles. The summed E-state index contributed by atoms with van der Waals surface area (Å²) in [5, 5.41) is 3.66. The number of sulfonamides is 1. The molecule has 12 heteroatoms. The van der Waals surface area contributed by atoms with Crippen LogP contribution in [0.25, 0.3) is 0 Å². The van der Waals surface area contributed by atoms with Crippen LogP contribution in [0.4, 0.5) is 5.69 Å². The average Bonchev–Trinajstić information content (AvgIpc) is 2.96. The zero-order valence-corrected chi connectivity index (χ0v) is 26.9. The summed E-state index contributed by atoms with van der Waals surface area (Å²) in [5.74, 6) is -0.588. The molecule has 0 fully saturated rings. The van der Waals surface area contributed by atoms with E-state index >= 15 is 0 Å². The van der Waals surface area contributed by atoms with Gasteiger partial charge >= 0.3 is 0 Å². The SMILES string of the molecule is CCCNC(=O)[C@H](CC)N(Cc1ccc(Cl)c(Cl)c1)C(=O)CN(c1ccc(OC)c(Cl)c1)S(=O)(=O)c1ccc(C)cc1. The molecular formula is C30H34Cl3N3O5S. The molecule has 8 nitrogen and oxygen atoms in total. The molecule has 1 N–H and O–H groups in total. The number of carbonyl (C=O) groups is 2. The fourth-order valence-corrected chi connectivity index (χ4v) is 6.28. The highest BCUT2D eigenvalue weighted by Crippen LogP contribution is 2.32. The smallest absolute Gasteiger partial charge is 0.264 e. The largest absolute Gasteiger partial charge is 0.495 e. The predicted octanol–water partition coefficient (Wildman–Crippen LogP) is 6.49. The summed E-state index contributed by atoms with van der Waals surface area (Å²) < 4.78 is 34.2. The van der Waals surface area contributed by atoms with Gasteiger partial charge in [-0.25, -0.2) is 8.42 Å². The second kappa shape index (κ2) is 15.0. The maximum atomic E-state index is 14.1. The van der Waals surface area contributed by atoms with E-state index in [4.69, 9.17) is 39.5 Å². The van der Waals surface area contributed by atoms with Gasteiger partial charge in [-0.1, -0.05) is 72.4 Å². The van der Waals surface area contributed by atoms with Crippen molar-refractivity contribution in [3.8, 4) is 5.75 Å². The van der Waals surface area contributed by atoms with Gasteiger partial charge in [0.15, 0.2) is 0 Å². The Morgan fingerprint density at radius 1 is 0.929 bits per heavy atom. The third-order valence-corrected chi connectivity index (χ3v) is 9.41. The highest BCUT2D eigenvalue weighted by molar-refractivity contribution is 7.92. The van der Waals surface area contributed by atoms with Crippen LogP contribution in [-0.2, 0) is 26.2 Å². The van der Waals surface area contributed by atoms with E-state index in [0.29, 0.717) is 40.7 Å². The van der Waals surface area contributed by atoms with Crippen LogP contribution >= 0.6 is 34.8 Å². The molecule has 0 heterocycles. The number of hydrogen-bond donors (Lipinski definition) is 1. The molecule has 0 saturated heterocycles. The van der Waals surface area contributed by atoms with E-state index in [2.05, 4.69) is 5.32 Å². The Hall–Kier alpha value is -2.98. The molecule has 3 aromatic carbocycles. The van der Waals surface area contributed by atoms with E-state index in [0.717, 1.165) is 9.87 Å². The first-order chi connectivity index (χ1) is 19.9. The summed E-state index contributed by atoms with van der Waals surface area (Å²) in [6, 6.07) is 14.8. The van der Waals surface area contributed by atoms with Gasteiger partial charge in [0.25, 0.3) is 10.0 Å². The van der Waals surface area contributed by atoms with Crippen LogP contribution in [0.5, 0.6) is 5.75 Å². The molecule has 0 aliphatic rings. The molecule has 0 radical (unpaired) electrons. The number of aryl methyl sites for hydroxylation is 1. The number of carbonyl (C=O) groups excluding carboxylic acids is 2. The Kier molecular flexibility index (Phi) is 11.9. The molecule has 1 atom stereocenters. The molecule has 0 spiro atoms. The van der Waals surface area contributed by atoms with Crippen molar-refractivity contribution in [3.63, 3.8) is 0 Å². The topological polar surface area (TPSA) is 96.0 Å². The third-order valence-electron chi connectivity index (χ3n) is 6.58. The van der Waals surface area contributed by atoms with E-state index < -0.39 is 28.5 Å². The number of anilines is 1. The number of halogens is 3. The molecule has 0 aliphatic heterocycles. The van der Waals surface area contributed by atoms with Crippen molar-refractivity contribution in [2.45, 2.75) is 51.1 Å². The third kappa shape index (κ3) is 8.10. The first-order valence-corrected chi connectivity index (χ1v) is 15.9. The van der Waals surface area contributed by atoms with Gasteiger partial charge in [0, 0.05) is 13.1 Å². The maximum Gasteiger partial charge on any atom is 0.264 e. The molecule has 2 amide bonds. The van der Waals surface area contributed by atoms with Crippen LogP contribution in [0.15, 0.2) is 65.6 Å². The lowest BCUT2D eigenvalue weighted by Gasteiger charge is -2.33. The summed E-state index contributed by atoms with van der Waals surface area (Å²) >= 11 is 18.7. The summed E-state index contributed by atoms with van der Waals surface area (Å²) in [7, 11) is -2.80. The standard InChI is InChI=1S/C30H34Cl3N3O5S/c1-5-15-34-30(38)27(6-2)35(18-21-9-13-24(31)25(32)16-21)29(37)19-36(22-10-14-28(41-4)26(33)17-22)42(39,40)23-11-7-20(3)8-12-23/h7-14,16-17,27H,5-6,15,18-19H2,1-4H3,(H,34,38)/t27-/m0/s1. The van der Waals surface area contributed by atoms with Crippen molar-refractivity contribution >= 4 is 62.3 Å². The van der Waals surface area contributed by atoms with Gasteiger partial charge in [0.2, 0.25) is 11.8 Å². The number of amides is 2. The minimum atomic E-state index is -4.24. The van der Waals surface area contributed by atoms with Gasteiger partial charge in [0.05, 0.1) is 32.8 Å². The fourth-order valence-electron chi connectivity index (χ4n) is 4.30. The zero-order valence-electron chi connectivity index (χ0n) is 23.9. The predicted molar refractivity (Wildman–Crippen MR) is 168 cm³/mol. The minimum absolute atomic E-state index is 0.00314. The lowest BCUT2D eigenvalue weighted by Crippen LogP contribution is -2.52. The summed E-state index contributed by atoms with van der Waals surface area (Å²) in [4.78, 5) is 28.7. The number of ether oxygens (including phenoxy) is 1. The maximum absolute atomic E-state index is 14.1. The fraction of sp³-hybridized carbons (Fsp3) is 0.333. The number of nitrogens with zero attached hydrogens (tertiary/aromatic N) is 2. The summed E-state index contributed by atoms with van der Waals surface area (Å²) in [5.41, 5.74) is 1.66. The molecule has 0 aromatic heterocycles. The molecular weight excluding hydrogens is 621 g/mol. The lowest BCUT2D eigenvalue weighted by atomic mass is 10.1. The van der Waals surface area contributed by atoms with Crippen LogP contribution in [-0.4, -0.2) is 51.4 Å². The number of nitrogens with one attached hydrogen (secondary N) is 1. The second-order valence-electron chi connectivity index (χ2n) is 9.63. The van der Waals surface area contributed by atoms with Crippen molar-refractivity contribution in [2.75, 3.05) is 24.5 Å². The van der Waals surface area contributed by atoms with Crippen LogP contribution in [0.2, 0.25) is 15.1 Å². The van der Waals surface area contributed by atoms with Gasteiger partial charge < -0.3 is 15.0 Å². The first-order valence-electron chi connectivity index (χ1n) is 13.4.